The second kappa shape index (κ2) is 7.69. The van der Waals surface area contributed by atoms with Crippen LogP contribution >= 0.6 is 0 Å². The van der Waals surface area contributed by atoms with Crippen LogP contribution in [-0.4, -0.2) is 17.6 Å². The molecular weight excluding hydrogens is 276 g/mol. The molecule has 0 bridgehead atoms. The average Bonchev–Trinajstić information content (AvgIpc) is 2.95. The van der Waals surface area contributed by atoms with Crippen LogP contribution < -0.4 is 5.73 Å². The fourth-order valence-corrected chi connectivity index (χ4v) is 2.51. The Balaban J connectivity index is 2.23. The summed E-state index contributed by atoms with van der Waals surface area (Å²) in [6.45, 7) is 3.02. The number of esters is 1. The lowest BCUT2D eigenvalue weighted by molar-refractivity contribution is 0.0588. The van der Waals surface area contributed by atoms with Gasteiger partial charge in [-0.15, -0.1) is 0 Å². The number of carbonyl (C=O) groups is 1. The standard InChI is InChI=1S/C18H24N2O2/c1-3-4-5-6-11-20-13-15(12-17(20)18(21)22-2)14-7-9-16(19)10-8-14/h7-10,12-13H,3-6,11,19H2,1-2H3. The van der Waals surface area contributed by atoms with Crippen LogP contribution in [0, 0.1) is 0 Å². The summed E-state index contributed by atoms with van der Waals surface area (Å²) in [6.07, 6.45) is 6.68. The molecule has 1 aromatic heterocycles. The predicted molar refractivity (Wildman–Crippen MR) is 89.8 cm³/mol. The van der Waals surface area contributed by atoms with Crippen molar-refractivity contribution in [3.8, 4) is 11.1 Å². The van der Waals surface area contributed by atoms with Crippen molar-refractivity contribution in [2.75, 3.05) is 12.8 Å². The molecule has 1 heterocycles. The maximum absolute atomic E-state index is 12.0. The van der Waals surface area contributed by atoms with Gasteiger partial charge in [0.15, 0.2) is 0 Å². The van der Waals surface area contributed by atoms with Gasteiger partial charge < -0.3 is 15.0 Å². The summed E-state index contributed by atoms with van der Waals surface area (Å²) in [4.78, 5) is 12.0. The van der Waals surface area contributed by atoms with Gasteiger partial charge in [0.2, 0.25) is 0 Å². The number of unbranched alkanes of at least 4 members (excludes halogenated alkanes) is 3. The van der Waals surface area contributed by atoms with E-state index < -0.39 is 0 Å². The van der Waals surface area contributed by atoms with Crippen molar-refractivity contribution in [3.63, 3.8) is 0 Å². The van der Waals surface area contributed by atoms with E-state index in [-0.39, 0.29) is 5.97 Å². The number of ether oxygens (including phenoxy) is 1. The van der Waals surface area contributed by atoms with Crippen LogP contribution in [0.5, 0.6) is 0 Å². The van der Waals surface area contributed by atoms with Crippen molar-refractivity contribution in [1.82, 2.24) is 4.57 Å². The molecule has 22 heavy (non-hydrogen) atoms. The van der Waals surface area contributed by atoms with E-state index in [2.05, 4.69) is 6.92 Å². The highest BCUT2D eigenvalue weighted by Gasteiger charge is 2.14. The van der Waals surface area contributed by atoms with Crippen molar-refractivity contribution in [3.05, 3.63) is 42.2 Å². The number of rotatable bonds is 7. The van der Waals surface area contributed by atoms with Gasteiger partial charge in [0.05, 0.1) is 7.11 Å². The summed E-state index contributed by atoms with van der Waals surface area (Å²) in [7, 11) is 1.42. The van der Waals surface area contributed by atoms with Crippen molar-refractivity contribution >= 4 is 11.7 Å². The Morgan fingerprint density at radius 3 is 2.50 bits per heavy atom. The van der Waals surface area contributed by atoms with Gasteiger partial charge in [0.25, 0.3) is 0 Å². The van der Waals surface area contributed by atoms with E-state index >= 15 is 0 Å². The lowest BCUT2D eigenvalue weighted by Crippen LogP contribution is -2.10. The zero-order valence-electron chi connectivity index (χ0n) is 13.3. The number of methoxy groups -OCH3 is 1. The van der Waals surface area contributed by atoms with Gasteiger partial charge in [0, 0.05) is 24.0 Å². The Labute approximate surface area is 131 Å². The maximum atomic E-state index is 12.0. The summed E-state index contributed by atoms with van der Waals surface area (Å²) < 4.78 is 6.89. The van der Waals surface area contributed by atoms with E-state index in [0.717, 1.165) is 29.8 Å². The third kappa shape index (κ3) is 3.91. The quantitative estimate of drug-likeness (QED) is 0.476. The molecule has 2 N–H and O–H groups in total. The SMILES string of the molecule is CCCCCCn1cc(-c2ccc(N)cc2)cc1C(=O)OC. The fraction of sp³-hybridized carbons (Fsp3) is 0.389. The molecule has 4 heteroatoms. The van der Waals surface area contributed by atoms with E-state index in [1.165, 1.54) is 26.4 Å². The van der Waals surface area contributed by atoms with Gasteiger partial charge in [-0.1, -0.05) is 38.3 Å². The Hall–Kier alpha value is -2.23. The number of anilines is 1. The lowest BCUT2D eigenvalue weighted by atomic mass is 10.1. The highest BCUT2D eigenvalue weighted by atomic mass is 16.5. The molecular formula is C18H24N2O2. The molecule has 2 aromatic rings. The van der Waals surface area contributed by atoms with Gasteiger partial charge in [-0.2, -0.15) is 0 Å². The Bertz CT molecular complexity index is 615. The molecule has 0 aliphatic heterocycles. The molecule has 4 nitrogen and oxygen atoms in total. The molecule has 118 valence electrons. The van der Waals surface area contributed by atoms with Crippen molar-refractivity contribution < 1.29 is 9.53 Å². The summed E-state index contributed by atoms with van der Waals surface area (Å²) >= 11 is 0. The van der Waals surface area contributed by atoms with Crippen LogP contribution in [0.15, 0.2) is 36.5 Å². The van der Waals surface area contributed by atoms with Gasteiger partial charge in [-0.3, -0.25) is 0 Å². The monoisotopic (exact) mass is 300 g/mol. The van der Waals surface area contributed by atoms with Crippen LogP contribution in [0.2, 0.25) is 0 Å². The van der Waals surface area contributed by atoms with Gasteiger partial charge in [0.1, 0.15) is 5.69 Å². The molecule has 0 radical (unpaired) electrons. The van der Waals surface area contributed by atoms with Gasteiger partial charge in [-0.05, 0) is 30.2 Å². The second-order valence-electron chi connectivity index (χ2n) is 5.48. The Morgan fingerprint density at radius 1 is 1.14 bits per heavy atom. The molecule has 0 saturated carbocycles. The minimum atomic E-state index is -0.294. The van der Waals surface area contributed by atoms with Crippen molar-refractivity contribution in [1.29, 1.82) is 0 Å². The number of hydrogen-bond donors (Lipinski definition) is 1. The number of aromatic nitrogens is 1. The minimum Gasteiger partial charge on any atom is -0.464 e. The van der Waals surface area contributed by atoms with Crippen LogP contribution in [0.25, 0.3) is 11.1 Å². The van der Waals surface area contributed by atoms with Crippen LogP contribution in [0.1, 0.15) is 43.1 Å². The molecule has 0 spiro atoms. The first kappa shape index (κ1) is 16.1. The molecule has 2 rings (SSSR count). The Kier molecular flexibility index (Phi) is 5.64. The number of carbonyl (C=O) groups excluding carboxylic acids is 1. The number of aryl methyl sites for hydroxylation is 1. The molecule has 0 saturated heterocycles. The van der Waals surface area contributed by atoms with Crippen LogP contribution in [0.4, 0.5) is 5.69 Å². The summed E-state index contributed by atoms with van der Waals surface area (Å²) in [6, 6.07) is 9.55. The third-order valence-corrected chi connectivity index (χ3v) is 3.79. The lowest BCUT2D eigenvalue weighted by Gasteiger charge is -2.07. The van der Waals surface area contributed by atoms with E-state index in [1.807, 2.05) is 41.1 Å². The van der Waals surface area contributed by atoms with Crippen LogP contribution in [0.3, 0.4) is 0 Å². The highest BCUT2D eigenvalue weighted by Crippen LogP contribution is 2.24. The summed E-state index contributed by atoms with van der Waals surface area (Å²) in [5.41, 5.74) is 9.12. The van der Waals surface area contributed by atoms with E-state index in [4.69, 9.17) is 10.5 Å². The van der Waals surface area contributed by atoms with Gasteiger partial charge >= 0.3 is 5.97 Å². The summed E-state index contributed by atoms with van der Waals surface area (Å²) in [5.74, 6) is -0.294. The topological polar surface area (TPSA) is 57.2 Å². The smallest absolute Gasteiger partial charge is 0.354 e. The molecule has 0 amide bonds. The van der Waals surface area contributed by atoms with E-state index in [0.29, 0.717) is 5.69 Å². The molecule has 1 aromatic carbocycles. The van der Waals surface area contributed by atoms with Crippen LogP contribution in [-0.2, 0) is 11.3 Å². The normalized spacial score (nSPS) is 10.6. The number of benzene rings is 1. The first-order valence-electron chi connectivity index (χ1n) is 7.80. The number of hydrogen-bond acceptors (Lipinski definition) is 3. The largest absolute Gasteiger partial charge is 0.464 e. The third-order valence-electron chi connectivity index (χ3n) is 3.79. The molecule has 0 unspecified atom stereocenters. The van der Waals surface area contributed by atoms with Crippen molar-refractivity contribution in [2.24, 2.45) is 0 Å². The highest BCUT2D eigenvalue weighted by molar-refractivity contribution is 5.89. The fourth-order valence-electron chi connectivity index (χ4n) is 2.51. The number of nitrogens with two attached hydrogens (primary N) is 1. The van der Waals surface area contributed by atoms with E-state index in [1.54, 1.807) is 0 Å². The second-order valence-corrected chi connectivity index (χ2v) is 5.48. The molecule has 0 aliphatic rings. The summed E-state index contributed by atoms with van der Waals surface area (Å²) in [5, 5.41) is 0. The number of nitrogens with zero attached hydrogens (tertiary/aromatic N) is 1. The zero-order valence-corrected chi connectivity index (χ0v) is 13.3. The zero-order chi connectivity index (χ0) is 15.9. The van der Waals surface area contributed by atoms with Crippen molar-refractivity contribution in [2.45, 2.75) is 39.2 Å². The molecule has 0 atom stereocenters. The van der Waals surface area contributed by atoms with E-state index in [9.17, 15) is 4.79 Å². The first-order valence-corrected chi connectivity index (χ1v) is 7.80. The molecule has 0 fully saturated rings. The average molecular weight is 300 g/mol. The predicted octanol–water partition coefficient (Wildman–Crippen LogP) is 4.10. The molecule has 0 aliphatic carbocycles. The maximum Gasteiger partial charge on any atom is 0.354 e. The number of nitrogen functional groups attached to an aromatic ring is 1. The Morgan fingerprint density at radius 2 is 1.86 bits per heavy atom. The van der Waals surface area contributed by atoms with Gasteiger partial charge in [-0.25, -0.2) is 4.79 Å². The minimum absolute atomic E-state index is 0.294. The first-order chi connectivity index (χ1) is 10.7.